The number of amides is 1. The van der Waals surface area contributed by atoms with E-state index in [2.05, 4.69) is 5.32 Å². The van der Waals surface area contributed by atoms with Crippen molar-refractivity contribution in [1.82, 2.24) is 10.2 Å². The van der Waals surface area contributed by atoms with Gasteiger partial charge in [-0.1, -0.05) is 0 Å². The second-order valence-electron chi connectivity index (χ2n) is 4.06. The fraction of sp³-hybridized carbons (Fsp3) is 0.889. The number of carbonyl (C=O) groups is 1. The Balaban J connectivity index is 0.00000112. The number of nitrogens with one attached hydrogen (secondary N) is 1. The Labute approximate surface area is 93.6 Å². The molecule has 0 aromatic rings. The standard InChI is InChI=1S/C9H14F2N2O.ClH/c10-9(11)2-4-13(6-9)8(14)7-1-3-12-5-7;/h7,12H,1-6H2;1H/t7-;/m0./s1. The number of hydrogen-bond donors (Lipinski definition) is 1. The van der Waals surface area contributed by atoms with Crippen LogP contribution in [-0.4, -0.2) is 42.9 Å². The lowest BCUT2D eigenvalue weighted by atomic mass is 10.1. The first-order valence-electron chi connectivity index (χ1n) is 4.96. The van der Waals surface area contributed by atoms with Crippen LogP contribution < -0.4 is 5.32 Å². The Hall–Kier alpha value is -0.420. The molecule has 2 aliphatic heterocycles. The van der Waals surface area contributed by atoms with E-state index in [0.29, 0.717) is 6.54 Å². The molecule has 1 N–H and O–H groups in total. The van der Waals surface area contributed by atoms with Crippen molar-refractivity contribution in [2.75, 3.05) is 26.2 Å². The summed E-state index contributed by atoms with van der Waals surface area (Å²) in [5, 5.41) is 3.06. The summed E-state index contributed by atoms with van der Waals surface area (Å²) in [6.45, 7) is 1.28. The molecule has 2 rings (SSSR count). The van der Waals surface area contributed by atoms with Crippen LogP contribution in [0.1, 0.15) is 12.8 Å². The molecule has 2 heterocycles. The monoisotopic (exact) mass is 240 g/mol. The lowest BCUT2D eigenvalue weighted by molar-refractivity contribution is -0.135. The first-order chi connectivity index (χ1) is 6.58. The Bertz CT molecular complexity index is 244. The van der Waals surface area contributed by atoms with Gasteiger partial charge in [-0.3, -0.25) is 4.79 Å². The quantitative estimate of drug-likeness (QED) is 0.738. The van der Waals surface area contributed by atoms with E-state index in [4.69, 9.17) is 0 Å². The van der Waals surface area contributed by atoms with Crippen molar-refractivity contribution in [3.63, 3.8) is 0 Å². The average Bonchev–Trinajstić information content (AvgIpc) is 2.72. The molecule has 0 aromatic heterocycles. The summed E-state index contributed by atoms with van der Waals surface area (Å²) in [5.41, 5.74) is 0. The molecule has 0 spiro atoms. The first kappa shape index (κ1) is 12.6. The van der Waals surface area contributed by atoms with Crippen LogP contribution in [0.15, 0.2) is 0 Å². The van der Waals surface area contributed by atoms with Gasteiger partial charge in [-0.2, -0.15) is 0 Å². The van der Waals surface area contributed by atoms with Crippen LogP contribution >= 0.6 is 12.4 Å². The highest BCUT2D eigenvalue weighted by Gasteiger charge is 2.42. The molecule has 1 atom stereocenters. The van der Waals surface area contributed by atoms with Gasteiger partial charge in [0.25, 0.3) is 5.92 Å². The van der Waals surface area contributed by atoms with Crippen molar-refractivity contribution >= 4 is 18.3 Å². The minimum Gasteiger partial charge on any atom is -0.336 e. The van der Waals surface area contributed by atoms with Gasteiger partial charge in [0.05, 0.1) is 12.5 Å². The van der Waals surface area contributed by atoms with E-state index in [1.54, 1.807) is 0 Å². The molecule has 0 bridgehead atoms. The molecular weight excluding hydrogens is 226 g/mol. The molecule has 0 aromatic carbocycles. The summed E-state index contributed by atoms with van der Waals surface area (Å²) in [5.74, 6) is -2.85. The summed E-state index contributed by atoms with van der Waals surface area (Å²) in [7, 11) is 0. The van der Waals surface area contributed by atoms with Crippen molar-refractivity contribution in [3.05, 3.63) is 0 Å². The smallest absolute Gasteiger partial charge is 0.267 e. The zero-order chi connectivity index (χ0) is 10.2. The zero-order valence-electron chi connectivity index (χ0n) is 8.34. The number of alkyl halides is 2. The molecule has 1 amide bonds. The summed E-state index contributed by atoms with van der Waals surface area (Å²) < 4.78 is 25.7. The van der Waals surface area contributed by atoms with Crippen molar-refractivity contribution in [2.24, 2.45) is 5.92 Å². The molecule has 15 heavy (non-hydrogen) atoms. The van der Waals surface area contributed by atoms with Crippen molar-refractivity contribution < 1.29 is 13.6 Å². The first-order valence-corrected chi connectivity index (χ1v) is 4.96. The molecule has 0 aliphatic carbocycles. The van der Waals surface area contributed by atoms with Gasteiger partial charge in [0.1, 0.15) is 0 Å². The Kier molecular flexibility index (Phi) is 3.89. The van der Waals surface area contributed by atoms with Crippen LogP contribution in [0.4, 0.5) is 8.78 Å². The normalized spacial score (nSPS) is 28.9. The summed E-state index contributed by atoms with van der Waals surface area (Å²) >= 11 is 0. The van der Waals surface area contributed by atoms with E-state index in [1.165, 1.54) is 4.90 Å². The van der Waals surface area contributed by atoms with Crippen LogP contribution in [0.5, 0.6) is 0 Å². The number of rotatable bonds is 1. The van der Waals surface area contributed by atoms with Crippen molar-refractivity contribution in [2.45, 2.75) is 18.8 Å². The Morgan fingerprint density at radius 3 is 2.67 bits per heavy atom. The predicted octanol–water partition coefficient (Wildman–Crippen LogP) is 0.885. The second kappa shape index (κ2) is 4.61. The Morgan fingerprint density at radius 1 is 1.47 bits per heavy atom. The highest BCUT2D eigenvalue weighted by atomic mass is 35.5. The molecular formula is C9H15ClF2N2O. The van der Waals surface area contributed by atoms with Crippen LogP contribution in [-0.2, 0) is 4.79 Å². The zero-order valence-corrected chi connectivity index (χ0v) is 9.16. The number of carbonyl (C=O) groups excluding carboxylic acids is 1. The van der Waals surface area contributed by atoms with Gasteiger partial charge in [-0.25, -0.2) is 8.78 Å². The van der Waals surface area contributed by atoms with Gasteiger partial charge in [0, 0.05) is 19.5 Å². The van der Waals surface area contributed by atoms with Crippen molar-refractivity contribution in [1.29, 1.82) is 0 Å². The number of nitrogens with zero attached hydrogens (tertiary/aromatic N) is 1. The van der Waals surface area contributed by atoms with Gasteiger partial charge in [0.15, 0.2) is 0 Å². The van der Waals surface area contributed by atoms with Gasteiger partial charge in [-0.15, -0.1) is 12.4 Å². The average molecular weight is 241 g/mol. The molecule has 2 fully saturated rings. The number of halogens is 3. The van der Waals surface area contributed by atoms with E-state index in [0.717, 1.165) is 13.0 Å². The van der Waals surface area contributed by atoms with E-state index in [-0.39, 0.29) is 43.7 Å². The maximum atomic E-state index is 12.8. The minimum atomic E-state index is -2.66. The fourth-order valence-corrected chi connectivity index (χ4v) is 2.05. The fourth-order valence-electron chi connectivity index (χ4n) is 2.05. The molecule has 0 saturated carbocycles. The van der Waals surface area contributed by atoms with Crippen LogP contribution in [0.3, 0.4) is 0 Å². The molecule has 2 saturated heterocycles. The van der Waals surface area contributed by atoms with E-state index < -0.39 is 5.92 Å². The van der Waals surface area contributed by atoms with Crippen LogP contribution in [0.2, 0.25) is 0 Å². The topological polar surface area (TPSA) is 32.3 Å². The van der Waals surface area contributed by atoms with E-state index >= 15 is 0 Å². The summed E-state index contributed by atoms with van der Waals surface area (Å²) in [6, 6.07) is 0. The molecule has 88 valence electrons. The highest BCUT2D eigenvalue weighted by Crippen LogP contribution is 2.28. The van der Waals surface area contributed by atoms with Gasteiger partial charge in [0.2, 0.25) is 5.91 Å². The number of hydrogen-bond acceptors (Lipinski definition) is 2. The van der Waals surface area contributed by atoms with E-state index in [1.807, 2.05) is 0 Å². The third-order valence-electron chi connectivity index (χ3n) is 2.89. The van der Waals surface area contributed by atoms with Crippen LogP contribution in [0, 0.1) is 5.92 Å². The maximum Gasteiger partial charge on any atom is 0.267 e. The Morgan fingerprint density at radius 2 is 2.20 bits per heavy atom. The highest BCUT2D eigenvalue weighted by molar-refractivity contribution is 5.85. The lowest BCUT2D eigenvalue weighted by Crippen LogP contribution is -2.36. The minimum absolute atomic E-state index is 0. The van der Waals surface area contributed by atoms with Gasteiger partial charge >= 0.3 is 0 Å². The molecule has 0 unspecified atom stereocenters. The third-order valence-corrected chi connectivity index (χ3v) is 2.89. The molecule has 2 aliphatic rings. The summed E-state index contributed by atoms with van der Waals surface area (Å²) in [6.07, 6.45) is 0.597. The molecule has 6 heteroatoms. The van der Waals surface area contributed by atoms with E-state index in [9.17, 15) is 13.6 Å². The number of likely N-dealkylation sites (tertiary alicyclic amines) is 1. The predicted molar refractivity (Wildman–Crippen MR) is 54.4 cm³/mol. The van der Waals surface area contributed by atoms with Crippen LogP contribution in [0.25, 0.3) is 0 Å². The van der Waals surface area contributed by atoms with Gasteiger partial charge < -0.3 is 10.2 Å². The van der Waals surface area contributed by atoms with Gasteiger partial charge in [-0.05, 0) is 13.0 Å². The van der Waals surface area contributed by atoms with Crippen molar-refractivity contribution in [3.8, 4) is 0 Å². The SMILES string of the molecule is Cl.O=C([C@H]1CCNC1)N1CCC(F)(F)C1. The molecule has 3 nitrogen and oxygen atoms in total. The largest absolute Gasteiger partial charge is 0.336 e. The second-order valence-corrected chi connectivity index (χ2v) is 4.06. The lowest BCUT2D eigenvalue weighted by Gasteiger charge is -2.19. The maximum absolute atomic E-state index is 12.8. The third kappa shape index (κ3) is 2.78. The molecule has 0 radical (unpaired) electrons. The summed E-state index contributed by atoms with van der Waals surface area (Å²) in [4.78, 5) is 13.0.